The van der Waals surface area contributed by atoms with Crippen LogP contribution in [-0.2, 0) is 0 Å². The van der Waals surface area contributed by atoms with Gasteiger partial charge in [-0.2, -0.15) is 0 Å². The molecular weight excluding hydrogens is 276 g/mol. The van der Waals surface area contributed by atoms with Crippen molar-refractivity contribution in [2.75, 3.05) is 14.2 Å². The zero-order valence-corrected chi connectivity index (χ0v) is 12.3. The average molecular weight is 291 g/mol. The maximum absolute atomic E-state index is 12.7. The second-order valence-corrected chi connectivity index (χ2v) is 4.71. The van der Waals surface area contributed by atoms with E-state index in [0.29, 0.717) is 27.6 Å². The second-order valence-electron chi connectivity index (χ2n) is 4.31. The van der Waals surface area contributed by atoms with E-state index >= 15 is 0 Å². The first-order valence-corrected chi connectivity index (χ1v) is 6.48. The van der Waals surface area contributed by atoms with Crippen molar-refractivity contribution in [3.63, 3.8) is 0 Å². The summed E-state index contributed by atoms with van der Waals surface area (Å²) in [6, 6.07) is 10.4. The van der Waals surface area contributed by atoms with Crippen molar-refractivity contribution in [1.82, 2.24) is 0 Å². The number of hydrogen-bond acceptors (Lipinski definition) is 3. The lowest BCUT2D eigenvalue weighted by Crippen LogP contribution is -2.06. The van der Waals surface area contributed by atoms with Crippen LogP contribution in [0.4, 0.5) is 0 Å². The van der Waals surface area contributed by atoms with Crippen LogP contribution in [-0.4, -0.2) is 20.0 Å². The minimum Gasteiger partial charge on any atom is -0.497 e. The Morgan fingerprint density at radius 1 is 1.05 bits per heavy atom. The molecule has 0 aromatic heterocycles. The molecule has 0 radical (unpaired) electrons. The summed E-state index contributed by atoms with van der Waals surface area (Å²) in [6.07, 6.45) is 0. The van der Waals surface area contributed by atoms with Gasteiger partial charge in [0.05, 0.1) is 19.8 Å². The zero-order valence-electron chi connectivity index (χ0n) is 11.6. The van der Waals surface area contributed by atoms with E-state index < -0.39 is 0 Å². The number of methoxy groups -OCH3 is 2. The molecule has 0 bridgehead atoms. The molecule has 2 aromatic carbocycles. The van der Waals surface area contributed by atoms with Gasteiger partial charge in [-0.25, -0.2) is 0 Å². The van der Waals surface area contributed by atoms with Crippen molar-refractivity contribution in [2.45, 2.75) is 6.92 Å². The highest BCUT2D eigenvalue weighted by molar-refractivity contribution is 6.32. The summed E-state index contributed by atoms with van der Waals surface area (Å²) < 4.78 is 10.4. The van der Waals surface area contributed by atoms with Crippen LogP contribution in [0.2, 0.25) is 5.02 Å². The molecule has 0 aliphatic heterocycles. The second kappa shape index (κ2) is 5.97. The van der Waals surface area contributed by atoms with Gasteiger partial charge >= 0.3 is 0 Å². The number of ether oxygens (including phenoxy) is 2. The Hall–Kier alpha value is -2.00. The van der Waals surface area contributed by atoms with Crippen molar-refractivity contribution in [1.29, 1.82) is 0 Å². The van der Waals surface area contributed by atoms with E-state index in [-0.39, 0.29) is 5.78 Å². The third-order valence-corrected chi connectivity index (χ3v) is 3.57. The molecule has 3 nitrogen and oxygen atoms in total. The summed E-state index contributed by atoms with van der Waals surface area (Å²) in [5.74, 6) is 0.977. The smallest absolute Gasteiger partial charge is 0.197 e. The average Bonchev–Trinajstić information content (AvgIpc) is 2.48. The van der Waals surface area contributed by atoms with Gasteiger partial charge in [-0.05, 0) is 36.8 Å². The van der Waals surface area contributed by atoms with E-state index in [2.05, 4.69) is 0 Å². The molecule has 0 spiro atoms. The number of halogens is 1. The molecule has 4 heteroatoms. The Bertz CT molecular complexity index is 650. The van der Waals surface area contributed by atoms with Gasteiger partial charge < -0.3 is 9.47 Å². The molecule has 0 aliphatic rings. The van der Waals surface area contributed by atoms with Crippen molar-refractivity contribution >= 4 is 17.4 Å². The molecule has 0 atom stereocenters. The van der Waals surface area contributed by atoms with Gasteiger partial charge in [-0.1, -0.05) is 23.7 Å². The van der Waals surface area contributed by atoms with Crippen LogP contribution in [0.3, 0.4) is 0 Å². The molecule has 104 valence electrons. The molecule has 0 saturated heterocycles. The van der Waals surface area contributed by atoms with Crippen LogP contribution >= 0.6 is 11.6 Å². The lowest BCUT2D eigenvalue weighted by molar-refractivity contribution is 0.103. The monoisotopic (exact) mass is 290 g/mol. The molecule has 0 aliphatic carbocycles. The van der Waals surface area contributed by atoms with Crippen LogP contribution in [0.15, 0.2) is 36.4 Å². The lowest BCUT2D eigenvalue weighted by atomic mass is 9.98. The minimum atomic E-state index is -0.138. The molecule has 0 heterocycles. The summed E-state index contributed by atoms with van der Waals surface area (Å²) in [5, 5.41) is 0.567. The van der Waals surface area contributed by atoms with Crippen LogP contribution in [0.25, 0.3) is 0 Å². The standard InChI is InChI=1S/C16H15ClO3/c1-10-12(5-4-6-14(10)17)16(18)13-9-11(19-2)7-8-15(13)20-3/h4-9H,1-3H3. The number of carbonyl (C=O) groups is 1. The molecule has 0 N–H and O–H groups in total. The Balaban J connectivity index is 2.55. The highest BCUT2D eigenvalue weighted by Crippen LogP contribution is 2.28. The molecule has 0 saturated carbocycles. The summed E-state index contributed by atoms with van der Waals surface area (Å²) in [6.45, 7) is 1.82. The first-order valence-electron chi connectivity index (χ1n) is 6.10. The lowest BCUT2D eigenvalue weighted by Gasteiger charge is -2.11. The predicted molar refractivity (Wildman–Crippen MR) is 79.2 cm³/mol. The number of ketones is 1. The molecular formula is C16H15ClO3. The summed E-state index contributed by atoms with van der Waals surface area (Å²) in [4.78, 5) is 12.7. The fourth-order valence-electron chi connectivity index (χ4n) is 1.99. The Labute approximate surface area is 123 Å². The summed E-state index contributed by atoms with van der Waals surface area (Å²) >= 11 is 6.07. The quantitative estimate of drug-likeness (QED) is 0.801. The van der Waals surface area contributed by atoms with Crippen LogP contribution < -0.4 is 9.47 Å². The Morgan fingerprint density at radius 3 is 2.45 bits per heavy atom. The fraction of sp³-hybridized carbons (Fsp3) is 0.188. The van der Waals surface area contributed by atoms with Crippen molar-refractivity contribution in [3.8, 4) is 11.5 Å². The number of carbonyl (C=O) groups excluding carboxylic acids is 1. The van der Waals surface area contributed by atoms with Gasteiger partial charge in [0.2, 0.25) is 0 Å². The van der Waals surface area contributed by atoms with E-state index in [1.54, 1.807) is 43.5 Å². The summed E-state index contributed by atoms with van der Waals surface area (Å²) in [7, 11) is 3.09. The van der Waals surface area contributed by atoms with Gasteiger partial charge in [0, 0.05) is 10.6 Å². The number of benzene rings is 2. The van der Waals surface area contributed by atoms with Gasteiger partial charge in [-0.3, -0.25) is 4.79 Å². The normalized spacial score (nSPS) is 10.2. The van der Waals surface area contributed by atoms with E-state index in [0.717, 1.165) is 5.56 Å². The SMILES string of the molecule is COc1ccc(OC)c(C(=O)c2cccc(Cl)c2C)c1. The van der Waals surface area contributed by atoms with Crippen LogP contribution in [0.1, 0.15) is 21.5 Å². The highest BCUT2D eigenvalue weighted by atomic mass is 35.5. The van der Waals surface area contributed by atoms with Gasteiger partial charge in [-0.15, -0.1) is 0 Å². The molecule has 0 unspecified atom stereocenters. The number of hydrogen-bond donors (Lipinski definition) is 0. The van der Waals surface area contributed by atoms with E-state index in [4.69, 9.17) is 21.1 Å². The van der Waals surface area contributed by atoms with Gasteiger partial charge in [0.15, 0.2) is 5.78 Å². The molecule has 2 rings (SSSR count). The van der Waals surface area contributed by atoms with Crippen molar-refractivity contribution in [3.05, 3.63) is 58.1 Å². The maximum atomic E-state index is 12.7. The van der Waals surface area contributed by atoms with Crippen molar-refractivity contribution in [2.24, 2.45) is 0 Å². The van der Waals surface area contributed by atoms with Gasteiger partial charge in [0.1, 0.15) is 11.5 Å². The minimum absolute atomic E-state index is 0.138. The molecule has 20 heavy (non-hydrogen) atoms. The molecule has 2 aromatic rings. The topological polar surface area (TPSA) is 35.5 Å². The predicted octanol–water partition coefficient (Wildman–Crippen LogP) is 3.90. The molecule has 0 amide bonds. The number of rotatable bonds is 4. The highest BCUT2D eigenvalue weighted by Gasteiger charge is 2.18. The van der Waals surface area contributed by atoms with Gasteiger partial charge in [0.25, 0.3) is 0 Å². The Kier molecular flexibility index (Phi) is 4.30. The first kappa shape index (κ1) is 14.4. The van der Waals surface area contributed by atoms with E-state index in [1.165, 1.54) is 7.11 Å². The van der Waals surface area contributed by atoms with E-state index in [9.17, 15) is 4.79 Å². The van der Waals surface area contributed by atoms with Crippen LogP contribution in [0, 0.1) is 6.92 Å². The zero-order chi connectivity index (χ0) is 14.7. The maximum Gasteiger partial charge on any atom is 0.197 e. The summed E-state index contributed by atoms with van der Waals surface area (Å²) in [5.41, 5.74) is 1.77. The molecule has 0 fully saturated rings. The Morgan fingerprint density at radius 2 is 1.80 bits per heavy atom. The van der Waals surface area contributed by atoms with Crippen molar-refractivity contribution < 1.29 is 14.3 Å². The largest absolute Gasteiger partial charge is 0.497 e. The third-order valence-electron chi connectivity index (χ3n) is 3.16. The fourth-order valence-corrected chi connectivity index (χ4v) is 2.16. The van der Waals surface area contributed by atoms with Crippen LogP contribution in [0.5, 0.6) is 11.5 Å². The third kappa shape index (κ3) is 2.63. The first-order chi connectivity index (χ1) is 9.58. The van der Waals surface area contributed by atoms with E-state index in [1.807, 2.05) is 6.92 Å².